The van der Waals surface area contributed by atoms with Gasteiger partial charge in [0.1, 0.15) is 5.69 Å². The van der Waals surface area contributed by atoms with Gasteiger partial charge in [-0.25, -0.2) is 4.98 Å². The lowest BCUT2D eigenvalue weighted by Crippen LogP contribution is -2.37. The monoisotopic (exact) mass is 283 g/mol. The largest absolute Gasteiger partial charge is 0.359 e. The fraction of sp³-hybridized carbons (Fsp3) is 0.667. The number of nitrogens with zero attached hydrogens (tertiary/aromatic N) is 1. The SMILES string of the molecule is O=C(NC1CCSCC1)c1csc(NC2CC2)n1. The van der Waals surface area contributed by atoms with Gasteiger partial charge < -0.3 is 10.6 Å². The summed E-state index contributed by atoms with van der Waals surface area (Å²) in [5.74, 6) is 2.28. The highest BCUT2D eigenvalue weighted by Crippen LogP contribution is 2.26. The van der Waals surface area contributed by atoms with Gasteiger partial charge in [0.05, 0.1) is 0 Å². The molecule has 1 saturated carbocycles. The molecular weight excluding hydrogens is 266 g/mol. The zero-order chi connectivity index (χ0) is 12.4. The number of rotatable bonds is 4. The summed E-state index contributed by atoms with van der Waals surface area (Å²) in [6, 6.07) is 0.919. The van der Waals surface area contributed by atoms with Crippen molar-refractivity contribution in [3.8, 4) is 0 Å². The Morgan fingerprint density at radius 2 is 2.00 bits per heavy atom. The van der Waals surface area contributed by atoms with Crippen molar-refractivity contribution < 1.29 is 4.79 Å². The highest BCUT2D eigenvalue weighted by Gasteiger charge is 2.23. The Morgan fingerprint density at radius 3 is 2.72 bits per heavy atom. The minimum atomic E-state index is -0.0213. The third-order valence-electron chi connectivity index (χ3n) is 3.20. The second kappa shape index (κ2) is 5.48. The second-order valence-electron chi connectivity index (χ2n) is 4.82. The van der Waals surface area contributed by atoms with E-state index in [0.29, 0.717) is 17.8 Å². The number of anilines is 1. The molecule has 98 valence electrons. The molecule has 2 aliphatic rings. The quantitative estimate of drug-likeness (QED) is 0.890. The Labute approximate surface area is 115 Å². The molecule has 2 fully saturated rings. The van der Waals surface area contributed by atoms with Crippen LogP contribution in [0.5, 0.6) is 0 Å². The van der Waals surface area contributed by atoms with Crippen LogP contribution in [0.3, 0.4) is 0 Å². The first-order valence-electron chi connectivity index (χ1n) is 6.42. The lowest BCUT2D eigenvalue weighted by atomic mass is 10.1. The molecular formula is C12H17N3OS2. The number of thioether (sulfide) groups is 1. The number of carbonyl (C=O) groups is 1. The first-order valence-corrected chi connectivity index (χ1v) is 8.45. The van der Waals surface area contributed by atoms with E-state index in [1.807, 2.05) is 17.1 Å². The zero-order valence-electron chi connectivity index (χ0n) is 10.1. The van der Waals surface area contributed by atoms with E-state index in [0.717, 1.165) is 29.5 Å². The van der Waals surface area contributed by atoms with Crippen LogP contribution in [0.25, 0.3) is 0 Å². The number of hydrogen-bond donors (Lipinski definition) is 2. The van der Waals surface area contributed by atoms with Crippen LogP contribution in [0.15, 0.2) is 5.38 Å². The summed E-state index contributed by atoms with van der Waals surface area (Å²) in [5, 5.41) is 9.12. The van der Waals surface area contributed by atoms with Crippen LogP contribution < -0.4 is 10.6 Å². The summed E-state index contributed by atoms with van der Waals surface area (Å²) in [5.41, 5.74) is 0.557. The summed E-state index contributed by atoms with van der Waals surface area (Å²) in [6.07, 6.45) is 4.60. The Kier molecular flexibility index (Phi) is 3.75. The van der Waals surface area contributed by atoms with Crippen molar-refractivity contribution in [3.05, 3.63) is 11.1 Å². The molecule has 4 nitrogen and oxygen atoms in total. The highest BCUT2D eigenvalue weighted by atomic mass is 32.2. The minimum absolute atomic E-state index is 0.0213. The molecule has 2 N–H and O–H groups in total. The number of thiazole rings is 1. The molecule has 1 amide bonds. The van der Waals surface area contributed by atoms with E-state index in [-0.39, 0.29) is 5.91 Å². The van der Waals surface area contributed by atoms with E-state index in [4.69, 9.17) is 0 Å². The molecule has 1 aliphatic heterocycles. The van der Waals surface area contributed by atoms with Crippen LogP contribution in [0.2, 0.25) is 0 Å². The van der Waals surface area contributed by atoms with E-state index in [2.05, 4.69) is 15.6 Å². The minimum Gasteiger partial charge on any atom is -0.359 e. The lowest BCUT2D eigenvalue weighted by molar-refractivity contribution is 0.0930. The Morgan fingerprint density at radius 1 is 1.22 bits per heavy atom. The molecule has 0 atom stereocenters. The number of carbonyl (C=O) groups excluding carboxylic acids is 1. The number of amides is 1. The fourth-order valence-corrected chi connectivity index (χ4v) is 3.82. The Hall–Kier alpha value is -0.750. The van der Waals surface area contributed by atoms with Crippen LogP contribution in [-0.4, -0.2) is 34.5 Å². The molecule has 6 heteroatoms. The van der Waals surface area contributed by atoms with Crippen LogP contribution in [-0.2, 0) is 0 Å². The average Bonchev–Trinajstić information content (AvgIpc) is 3.06. The lowest BCUT2D eigenvalue weighted by Gasteiger charge is -2.21. The van der Waals surface area contributed by atoms with Gasteiger partial charge in [0.15, 0.2) is 5.13 Å². The maximum absolute atomic E-state index is 12.0. The van der Waals surface area contributed by atoms with Gasteiger partial charge in [-0.2, -0.15) is 11.8 Å². The van der Waals surface area contributed by atoms with Crippen LogP contribution in [0, 0.1) is 0 Å². The van der Waals surface area contributed by atoms with Crippen molar-refractivity contribution >= 4 is 34.1 Å². The van der Waals surface area contributed by atoms with E-state index >= 15 is 0 Å². The number of hydrogen-bond acceptors (Lipinski definition) is 5. The Bertz CT molecular complexity index is 425. The first-order chi connectivity index (χ1) is 8.81. The molecule has 0 unspecified atom stereocenters. The zero-order valence-corrected chi connectivity index (χ0v) is 11.8. The van der Waals surface area contributed by atoms with Crippen molar-refractivity contribution in [1.29, 1.82) is 0 Å². The number of aromatic nitrogens is 1. The summed E-state index contributed by atoms with van der Waals surface area (Å²) < 4.78 is 0. The smallest absolute Gasteiger partial charge is 0.271 e. The van der Waals surface area contributed by atoms with E-state index in [1.54, 1.807) is 0 Å². The first kappa shape index (κ1) is 12.3. The summed E-state index contributed by atoms with van der Waals surface area (Å²) >= 11 is 3.49. The van der Waals surface area contributed by atoms with E-state index < -0.39 is 0 Å². The molecule has 1 aliphatic carbocycles. The predicted octanol–water partition coefficient (Wildman–Crippen LogP) is 2.34. The van der Waals surface area contributed by atoms with Crippen molar-refractivity contribution in [1.82, 2.24) is 10.3 Å². The van der Waals surface area contributed by atoms with E-state index in [9.17, 15) is 4.79 Å². The van der Waals surface area contributed by atoms with Crippen molar-refractivity contribution in [2.24, 2.45) is 0 Å². The molecule has 0 spiro atoms. The topological polar surface area (TPSA) is 54.0 Å². The van der Waals surface area contributed by atoms with Crippen molar-refractivity contribution in [2.45, 2.75) is 37.8 Å². The molecule has 0 bridgehead atoms. The van der Waals surface area contributed by atoms with E-state index in [1.165, 1.54) is 24.2 Å². The van der Waals surface area contributed by atoms with Gasteiger partial charge in [-0.05, 0) is 37.2 Å². The van der Waals surface area contributed by atoms with Gasteiger partial charge in [0.2, 0.25) is 0 Å². The standard InChI is InChI=1S/C12H17N3OS2/c16-11(13-9-3-5-17-6-4-9)10-7-18-12(15-10)14-8-1-2-8/h7-9H,1-6H2,(H,13,16)(H,14,15). The molecule has 3 rings (SSSR count). The molecule has 18 heavy (non-hydrogen) atoms. The van der Waals surface area contributed by atoms with Crippen molar-refractivity contribution in [2.75, 3.05) is 16.8 Å². The summed E-state index contributed by atoms with van der Waals surface area (Å²) in [6.45, 7) is 0. The van der Waals surface area contributed by atoms with Gasteiger partial charge in [0.25, 0.3) is 5.91 Å². The third kappa shape index (κ3) is 3.17. The molecule has 1 aromatic rings. The van der Waals surface area contributed by atoms with Crippen LogP contribution in [0.1, 0.15) is 36.2 Å². The van der Waals surface area contributed by atoms with Gasteiger partial charge >= 0.3 is 0 Å². The molecule has 1 aromatic heterocycles. The second-order valence-corrected chi connectivity index (χ2v) is 6.90. The summed E-state index contributed by atoms with van der Waals surface area (Å²) in [7, 11) is 0. The molecule has 0 radical (unpaired) electrons. The maximum Gasteiger partial charge on any atom is 0.271 e. The van der Waals surface area contributed by atoms with Crippen LogP contribution in [0.4, 0.5) is 5.13 Å². The molecule has 1 saturated heterocycles. The molecule has 2 heterocycles. The van der Waals surface area contributed by atoms with Gasteiger partial charge in [-0.15, -0.1) is 11.3 Å². The average molecular weight is 283 g/mol. The normalized spacial score (nSPS) is 20.7. The fourth-order valence-electron chi connectivity index (χ4n) is 1.95. The highest BCUT2D eigenvalue weighted by molar-refractivity contribution is 7.99. The Balaban J connectivity index is 1.55. The summed E-state index contributed by atoms with van der Waals surface area (Å²) in [4.78, 5) is 16.4. The molecule has 0 aromatic carbocycles. The maximum atomic E-state index is 12.0. The predicted molar refractivity (Wildman–Crippen MR) is 76.6 cm³/mol. The van der Waals surface area contributed by atoms with Gasteiger partial charge in [-0.3, -0.25) is 4.79 Å². The third-order valence-corrected chi connectivity index (χ3v) is 5.02. The van der Waals surface area contributed by atoms with Gasteiger partial charge in [-0.1, -0.05) is 0 Å². The van der Waals surface area contributed by atoms with Crippen molar-refractivity contribution in [3.63, 3.8) is 0 Å². The van der Waals surface area contributed by atoms with Gasteiger partial charge in [0, 0.05) is 17.5 Å². The number of nitrogens with one attached hydrogen (secondary N) is 2. The van der Waals surface area contributed by atoms with Crippen LogP contribution >= 0.6 is 23.1 Å².